The summed E-state index contributed by atoms with van der Waals surface area (Å²) in [7, 11) is 0. The number of rotatable bonds is 4. The molecule has 0 aliphatic heterocycles. The fraction of sp³-hybridized carbons (Fsp3) is 0.462. The second-order valence-electron chi connectivity index (χ2n) is 4.70. The third-order valence-electron chi connectivity index (χ3n) is 3.41. The maximum Gasteiger partial charge on any atom is 0.306 e. The Morgan fingerprint density at radius 3 is 2.59 bits per heavy atom. The average Bonchev–Trinajstić information content (AvgIpc) is 3.07. The molecule has 1 saturated carbocycles. The van der Waals surface area contributed by atoms with Crippen molar-refractivity contribution in [2.75, 3.05) is 0 Å². The van der Waals surface area contributed by atoms with E-state index < -0.39 is 11.9 Å². The van der Waals surface area contributed by atoms with Crippen molar-refractivity contribution in [2.24, 2.45) is 11.8 Å². The highest BCUT2D eigenvalue weighted by molar-refractivity contribution is 14.1. The zero-order chi connectivity index (χ0) is 12.6. The van der Waals surface area contributed by atoms with Crippen molar-refractivity contribution in [3.05, 3.63) is 27.3 Å². The van der Waals surface area contributed by atoms with Crippen LogP contribution in [0.15, 0.2) is 18.2 Å². The van der Waals surface area contributed by atoms with E-state index in [1.807, 2.05) is 12.1 Å². The summed E-state index contributed by atoms with van der Waals surface area (Å²) in [6.07, 6.45) is 2.18. The van der Waals surface area contributed by atoms with Gasteiger partial charge in [-0.15, -0.1) is 0 Å². The Morgan fingerprint density at radius 1 is 1.47 bits per heavy atom. The Labute approximate surface area is 114 Å². The van der Waals surface area contributed by atoms with Crippen LogP contribution in [-0.4, -0.2) is 16.2 Å². The zero-order valence-electron chi connectivity index (χ0n) is 9.56. The van der Waals surface area contributed by atoms with Crippen molar-refractivity contribution in [3.8, 4) is 5.75 Å². The van der Waals surface area contributed by atoms with Gasteiger partial charge in [-0.1, -0.05) is 13.0 Å². The Morgan fingerprint density at radius 2 is 2.12 bits per heavy atom. The molecule has 1 aliphatic rings. The normalized spacial score (nSPS) is 18.7. The summed E-state index contributed by atoms with van der Waals surface area (Å²) in [5.74, 6) is -0.441. The molecule has 1 fully saturated rings. The topological polar surface area (TPSA) is 57.5 Å². The van der Waals surface area contributed by atoms with Crippen LogP contribution in [0.2, 0.25) is 0 Å². The van der Waals surface area contributed by atoms with Crippen molar-refractivity contribution in [2.45, 2.75) is 25.7 Å². The number of carboxylic acids is 1. The third kappa shape index (κ3) is 2.73. The molecule has 1 aromatic rings. The molecule has 1 aromatic carbocycles. The number of carboxylic acid groups (broad SMARTS) is 1. The van der Waals surface area contributed by atoms with Crippen LogP contribution in [0.4, 0.5) is 0 Å². The van der Waals surface area contributed by atoms with E-state index in [0.717, 1.165) is 22.0 Å². The monoisotopic (exact) mass is 346 g/mol. The largest absolute Gasteiger partial charge is 0.507 e. The SMILES string of the molecule is C[C@H](C(=O)O)[C@H](c1ccc(I)c(O)c1)C1CC1. The zero-order valence-corrected chi connectivity index (χ0v) is 11.7. The molecule has 0 unspecified atom stereocenters. The summed E-state index contributed by atoms with van der Waals surface area (Å²) >= 11 is 2.06. The summed E-state index contributed by atoms with van der Waals surface area (Å²) in [4.78, 5) is 11.1. The first-order valence-electron chi connectivity index (χ1n) is 5.72. The first-order valence-corrected chi connectivity index (χ1v) is 6.79. The highest BCUT2D eigenvalue weighted by Gasteiger charge is 2.38. The Kier molecular flexibility index (Phi) is 3.61. The third-order valence-corrected chi connectivity index (χ3v) is 4.33. The van der Waals surface area contributed by atoms with Crippen LogP contribution in [-0.2, 0) is 4.79 Å². The number of phenolic OH excluding ortho intramolecular Hbond substituents is 1. The standard InChI is InChI=1S/C13H15IO3/c1-7(13(16)17)12(8-2-3-8)9-4-5-10(14)11(15)6-9/h4-8,12,15H,2-3H2,1H3,(H,16,17)/t7-,12-/m0/s1. The van der Waals surface area contributed by atoms with Gasteiger partial charge in [0.05, 0.1) is 9.49 Å². The Bertz CT molecular complexity index is 440. The van der Waals surface area contributed by atoms with Crippen LogP contribution in [0.3, 0.4) is 0 Å². The van der Waals surface area contributed by atoms with Crippen LogP contribution in [0.1, 0.15) is 31.2 Å². The Hall–Kier alpha value is -0.780. The highest BCUT2D eigenvalue weighted by Crippen LogP contribution is 2.47. The number of phenols is 1. The van der Waals surface area contributed by atoms with E-state index in [2.05, 4.69) is 22.6 Å². The van der Waals surface area contributed by atoms with Crippen molar-refractivity contribution < 1.29 is 15.0 Å². The maximum absolute atomic E-state index is 11.1. The van der Waals surface area contributed by atoms with Gasteiger partial charge in [-0.2, -0.15) is 0 Å². The van der Waals surface area contributed by atoms with E-state index in [1.54, 1.807) is 13.0 Å². The van der Waals surface area contributed by atoms with Gasteiger partial charge in [-0.25, -0.2) is 0 Å². The molecule has 2 N–H and O–H groups in total. The van der Waals surface area contributed by atoms with E-state index >= 15 is 0 Å². The molecule has 2 atom stereocenters. The number of aliphatic carboxylic acids is 1. The van der Waals surface area contributed by atoms with Crippen molar-refractivity contribution in [1.29, 1.82) is 0 Å². The minimum Gasteiger partial charge on any atom is -0.507 e. The van der Waals surface area contributed by atoms with E-state index in [9.17, 15) is 9.90 Å². The minimum absolute atomic E-state index is 0.0235. The number of aromatic hydroxyl groups is 1. The minimum atomic E-state index is -0.764. The summed E-state index contributed by atoms with van der Waals surface area (Å²) in [5.41, 5.74) is 0.945. The quantitative estimate of drug-likeness (QED) is 0.824. The summed E-state index contributed by atoms with van der Waals surface area (Å²) in [6, 6.07) is 5.49. The molecule has 0 amide bonds. The van der Waals surface area contributed by atoms with Crippen LogP contribution in [0, 0.1) is 15.4 Å². The van der Waals surface area contributed by atoms with E-state index in [-0.39, 0.29) is 11.7 Å². The number of hydrogen-bond donors (Lipinski definition) is 2. The molecule has 0 saturated heterocycles. The molecule has 0 heterocycles. The molecular weight excluding hydrogens is 331 g/mol. The lowest BCUT2D eigenvalue weighted by Crippen LogP contribution is -2.20. The number of carbonyl (C=O) groups is 1. The molecule has 2 rings (SSSR count). The lowest BCUT2D eigenvalue weighted by Gasteiger charge is -2.21. The van der Waals surface area contributed by atoms with E-state index in [4.69, 9.17) is 5.11 Å². The fourth-order valence-corrected chi connectivity index (χ4v) is 2.65. The maximum atomic E-state index is 11.1. The lowest BCUT2D eigenvalue weighted by molar-refractivity contribution is -0.142. The van der Waals surface area contributed by atoms with Gasteiger partial charge in [-0.05, 0) is 65.0 Å². The molecule has 0 radical (unpaired) electrons. The predicted molar refractivity (Wildman–Crippen MR) is 73.1 cm³/mol. The van der Waals surface area contributed by atoms with Crippen LogP contribution >= 0.6 is 22.6 Å². The van der Waals surface area contributed by atoms with Gasteiger partial charge in [0, 0.05) is 0 Å². The first kappa shape index (κ1) is 12.7. The molecule has 0 bridgehead atoms. The predicted octanol–water partition coefficient (Wildman–Crippen LogP) is 3.21. The van der Waals surface area contributed by atoms with Crippen molar-refractivity contribution in [1.82, 2.24) is 0 Å². The second-order valence-corrected chi connectivity index (χ2v) is 5.86. The van der Waals surface area contributed by atoms with Gasteiger partial charge in [0.15, 0.2) is 0 Å². The summed E-state index contributed by atoms with van der Waals surface area (Å²) in [5, 5.41) is 18.9. The van der Waals surface area contributed by atoms with Gasteiger partial charge in [0.1, 0.15) is 5.75 Å². The van der Waals surface area contributed by atoms with Crippen molar-refractivity contribution in [3.63, 3.8) is 0 Å². The van der Waals surface area contributed by atoms with Gasteiger partial charge in [0.2, 0.25) is 0 Å². The molecule has 0 aromatic heterocycles. The van der Waals surface area contributed by atoms with Crippen LogP contribution < -0.4 is 0 Å². The molecule has 1 aliphatic carbocycles. The van der Waals surface area contributed by atoms with Gasteiger partial charge >= 0.3 is 5.97 Å². The van der Waals surface area contributed by atoms with Crippen LogP contribution in [0.25, 0.3) is 0 Å². The summed E-state index contributed by atoms with van der Waals surface area (Å²) in [6.45, 7) is 1.75. The molecular formula is C13H15IO3. The molecule has 3 nitrogen and oxygen atoms in total. The lowest BCUT2D eigenvalue weighted by atomic mass is 9.83. The average molecular weight is 346 g/mol. The van der Waals surface area contributed by atoms with E-state index in [0.29, 0.717) is 5.92 Å². The van der Waals surface area contributed by atoms with E-state index in [1.165, 1.54) is 0 Å². The molecule has 17 heavy (non-hydrogen) atoms. The number of hydrogen-bond acceptors (Lipinski definition) is 2. The number of halogens is 1. The smallest absolute Gasteiger partial charge is 0.306 e. The Balaban J connectivity index is 2.32. The van der Waals surface area contributed by atoms with Gasteiger partial charge in [-0.3, -0.25) is 4.79 Å². The van der Waals surface area contributed by atoms with Gasteiger partial charge < -0.3 is 10.2 Å². The van der Waals surface area contributed by atoms with Crippen molar-refractivity contribution >= 4 is 28.6 Å². The molecule has 92 valence electrons. The highest BCUT2D eigenvalue weighted by atomic mass is 127. The first-order chi connectivity index (χ1) is 8.00. The summed E-state index contributed by atoms with van der Waals surface area (Å²) < 4.78 is 0.795. The van der Waals surface area contributed by atoms with Gasteiger partial charge in [0.25, 0.3) is 0 Å². The number of benzene rings is 1. The second kappa shape index (κ2) is 4.84. The molecule has 0 spiro atoms. The van der Waals surface area contributed by atoms with Crippen LogP contribution in [0.5, 0.6) is 5.75 Å². The molecule has 4 heteroatoms. The fourth-order valence-electron chi connectivity index (χ4n) is 2.32.